The van der Waals surface area contributed by atoms with Crippen LogP contribution in [0.1, 0.15) is 0 Å². The maximum atomic E-state index is 11.9. The van der Waals surface area contributed by atoms with E-state index >= 15 is 0 Å². The Labute approximate surface area is 113 Å². The Bertz CT molecular complexity index is 379. The molecule has 1 amide bonds. The molecule has 0 radical (unpaired) electrons. The number of nitrogens with one attached hydrogen (secondary N) is 1. The SMILES string of the molecule is O=C(CSc1ccc(Br)cn1)N1CCNCC1. The molecule has 0 saturated carbocycles. The average Bonchev–Trinajstić information content (AvgIpc) is 2.39. The fraction of sp³-hybridized carbons (Fsp3) is 0.455. The van der Waals surface area contributed by atoms with Crippen LogP contribution in [0.3, 0.4) is 0 Å². The van der Waals surface area contributed by atoms with Gasteiger partial charge >= 0.3 is 0 Å². The molecule has 1 fully saturated rings. The fourth-order valence-corrected chi connectivity index (χ4v) is 2.57. The number of rotatable bonds is 3. The highest BCUT2D eigenvalue weighted by Gasteiger charge is 2.16. The number of hydrogen-bond acceptors (Lipinski definition) is 4. The van der Waals surface area contributed by atoms with Crippen molar-refractivity contribution in [3.63, 3.8) is 0 Å². The van der Waals surface area contributed by atoms with Crippen molar-refractivity contribution in [2.24, 2.45) is 0 Å². The van der Waals surface area contributed by atoms with Gasteiger partial charge in [0.25, 0.3) is 0 Å². The Hall–Kier alpha value is -0.590. The molecule has 92 valence electrons. The zero-order valence-electron chi connectivity index (χ0n) is 9.36. The molecule has 1 aliphatic rings. The van der Waals surface area contributed by atoms with Gasteiger partial charge in [0, 0.05) is 36.8 Å². The standard InChI is InChI=1S/C11H14BrN3OS/c12-9-1-2-10(14-7-9)17-8-11(16)15-5-3-13-4-6-15/h1-2,7,13H,3-6,8H2. The Morgan fingerprint density at radius 2 is 2.24 bits per heavy atom. The van der Waals surface area contributed by atoms with Crippen LogP contribution in [0.25, 0.3) is 0 Å². The number of hydrogen-bond donors (Lipinski definition) is 1. The number of thioether (sulfide) groups is 1. The van der Waals surface area contributed by atoms with E-state index in [9.17, 15) is 4.79 Å². The molecule has 0 aliphatic carbocycles. The van der Waals surface area contributed by atoms with E-state index in [2.05, 4.69) is 26.2 Å². The van der Waals surface area contributed by atoms with Crippen LogP contribution in [0, 0.1) is 0 Å². The first-order valence-electron chi connectivity index (χ1n) is 5.48. The van der Waals surface area contributed by atoms with Crippen molar-refractivity contribution in [1.82, 2.24) is 15.2 Å². The van der Waals surface area contributed by atoms with Gasteiger partial charge in [-0.25, -0.2) is 4.98 Å². The van der Waals surface area contributed by atoms with Crippen molar-refractivity contribution in [2.75, 3.05) is 31.9 Å². The fourth-order valence-electron chi connectivity index (χ4n) is 1.59. The monoisotopic (exact) mass is 315 g/mol. The van der Waals surface area contributed by atoms with Gasteiger partial charge in [-0.15, -0.1) is 0 Å². The van der Waals surface area contributed by atoms with E-state index in [1.807, 2.05) is 17.0 Å². The molecule has 0 spiro atoms. The molecule has 1 aromatic rings. The number of pyridine rings is 1. The third-order valence-corrected chi connectivity index (χ3v) is 3.91. The van der Waals surface area contributed by atoms with Crippen molar-refractivity contribution >= 4 is 33.6 Å². The molecule has 0 bridgehead atoms. The molecule has 6 heteroatoms. The molecule has 0 aromatic carbocycles. The molecule has 1 N–H and O–H groups in total. The predicted octanol–water partition coefficient (Wildman–Crippen LogP) is 1.37. The Morgan fingerprint density at radius 3 is 2.88 bits per heavy atom. The molecule has 17 heavy (non-hydrogen) atoms. The summed E-state index contributed by atoms with van der Waals surface area (Å²) in [5.41, 5.74) is 0. The summed E-state index contributed by atoms with van der Waals surface area (Å²) in [6.45, 7) is 3.42. The van der Waals surface area contributed by atoms with Crippen LogP contribution in [0.4, 0.5) is 0 Å². The summed E-state index contributed by atoms with van der Waals surface area (Å²) in [4.78, 5) is 18.0. The molecular formula is C11H14BrN3OS. The van der Waals surface area contributed by atoms with Crippen molar-refractivity contribution in [1.29, 1.82) is 0 Å². The topological polar surface area (TPSA) is 45.2 Å². The van der Waals surface area contributed by atoms with Crippen LogP contribution in [-0.2, 0) is 4.79 Å². The number of amides is 1. The normalized spacial score (nSPS) is 15.9. The van der Waals surface area contributed by atoms with Gasteiger partial charge in [0.1, 0.15) is 0 Å². The van der Waals surface area contributed by atoms with E-state index in [1.165, 1.54) is 11.8 Å². The van der Waals surface area contributed by atoms with Gasteiger partial charge in [-0.3, -0.25) is 4.79 Å². The summed E-state index contributed by atoms with van der Waals surface area (Å²) in [7, 11) is 0. The number of nitrogens with zero attached hydrogens (tertiary/aromatic N) is 2. The number of carbonyl (C=O) groups excluding carboxylic acids is 1. The third-order valence-electron chi connectivity index (χ3n) is 2.51. The van der Waals surface area contributed by atoms with E-state index in [0.717, 1.165) is 35.7 Å². The van der Waals surface area contributed by atoms with Gasteiger partial charge in [0.05, 0.1) is 10.8 Å². The molecule has 0 unspecified atom stereocenters. The lowest BCUT2D eigenvalue weighted by Gasteiger charge is -2.27. The molecule has 0 atom stereocenters. The minimum Gasteiger partial charge on any atom is -0.339 e. The predicted molar refractivity (Wildman–Crippen MR) is 72.1 cm³/mol. The Morgan fingerprint density at radius 1 is 1.47 bits per heavy atom. The lowest BCUT2D eigenvalue weighted by atomic mass is 10.3. The van der Waals surface area contributed by atoms with E-state index in [4.69, 9.17) is 0 Å². The van der Waals surface area contributed by atoms with Crippen molar-refractivity contribution in [3.8, 4) is 0 Å². The smallest absolute Gasteiger partial charge is 0.233 e. The Kier molecular flexibility index (Phi) is 4.82. The number of piperazine rings is 1. The van der Waals surface area contributed by atoms with Crippen molar-refractivity contribution in [3.05, 3.63) is 22.8 Å². The maximum Gasteiger partial charge on any atom is 0.233 e. The third kappa shape index (κ3) is 3.97. The van der Waals surface area contributed by atoms with Crippen LogP contribution >= 0.6 is 27.7 Å². The van der Waals surface area contributed by atoms with Gasteiger partial charge in [-0.2, -0.15) is 0 Å². The van der Waals surface area contributed by atoms with Crippen LogP contribution < -0.4 is 5.32 Å². The highest BCUT2D eigenvalue weighted by molar-refractivity contribution is 9.10. The second-order valence-corrected chi connectivity index (χ2v) is 5.65. The van der Waals surface area contributed by atoms with Crippen LogP contribution in [0.5, 0.6) is 0 Å². The summed E-state index contributed by atoms with van der Waals surface area (Å²) in [6, 6.07) is 3.85. The second-order valence-electron chi connectivity index (χ2n) is 3.73. The van der Waals surface area contributed by atoms with E-state index in [0.29, 0.717) is 5.75 Å². The minimum atomic E-state index is 0.196. The van der Waals surface area contributed by atoms with E-state index < -0.39 is 0 Å². The highest BCUT2D eigenvalue weighted by atomic mass is 79.9. The molecule has 1 saturated heterocycles. The van der Waals surface area contributed by atoms with Gasteiger partial charge in [-0.05, 0) is 28.1 Å². The van der Waals surface area contributed by atoms with E-state index in [1.54, 1.807) is 6.20 Å². The first kappa shape index (κ1) is 12.9. The highest BCUT2D eigenvalue weighted by Crippen LogP contribution is 2.17. The molecule has 2 rings (SSSR count). The minimum absolute atomic E-state index is 0.196. The quantitative estimate of drug-likeness (QED) is 0.856. The second kappa shape index (κ2) is 6.37. The van der Waals surface area contributed by atoms with Crippen LogP contribution in [-0.4, -0.2) is 47.7 Å². The largest absolute Gasteiger partial charge is 0.339 e. The maximum absolute atomic E-state index is 11.9. The van der Waals surface area contributed by atoms with Crippen molar-refractivity contribution in [2.45, 2.75) is 5.03 Å². The molecular weight excluding hydrogens is 302 g/mol. The number of halogens is 1. The zero-order chi connectivity index (χ0) is 12.1. The average molecular weight is 316 g/mol. The number of carbonyl (C=O) groups is 1. The zero-order valence-corrected chi connectivity index (χ0v) is 11.8. The lowest BCUT2D eigenvalue weighted by molar-refractivity contribution is -0.128. The molecule has 4 nitrogen and oxygen atoms in total. The molecule has 1 aliphatic heterocycles. The van der Waals surface area contributed by atoms with Crippen LogP contribution in [0.15, 0.2) is 27.8 Å². The van der Waals surface area contributed by atoms with Gasteiger partial charge < -0.3 is 10.2 Å². The number of aromatic nitrogens is 1. The Balaban J connectivity index is 1.81. The molecule has 2 heterocycles. The van der Waals surface area contributed by atoms with Gasteiger partial charge in [-0.1, -0.05) is 11.8 Å². The first-order chi connectivity index (χ1) is 8.25. The summed E-state index contributed by atoms with van der Waals surface area (Å²) in [6.07, 6.45) is 1.75. The molecule has 1 aromatic heterocycles. The first-order valence-corrected chi connectivity index (χ1v) is 7.26. The summed E-state index contributed by atoms with van der Waals surface area (Å²) >= 11 is 4.82. The van der Waals surface area contributed by atoms with E-state index in [-0.39, 0.29) is 5.91 Å². The van der Waals surface area contributed by atoms with Gasteiger partial charge in [0.2, 0.25) is 5.91 Å². The lowest BCUT2D eigenvalue weighted by Crippen LogP contribution is -2.47. The summed E-state index contributed by atoms with van der Waals surface area (Å²) in [5.74, 6) is 0.662. The van der Waals surface area contributed by atoms with Crippen LogP contribution in [0.2, 0.25) is 0 Å². The van der Waals surface area contributed by atoms with Gasteiger partial charge in [0.15, 0.2) is 0 Å². The summed E-state index contributed by atoms with van der Waals surface area (Å²) < 4.78 is 0.954. The van der Waals surface area contributed by atoms with Crippen molar-refractivity contribution < 1.29 is 4.79 Å². The summed E-state index contributed by atoms with van der Waals surface area (Å²) in [5, 5.41) is 4.12.